The van der Waals surface area contributed by atoms with Crippen LogP contribution in [0.15, 0.2) is 25.3 Å². The maximum absolute atomic E-state index is 15.9. The summed E-state index contributed by atoms with van der Waals surface area (Å²) in [6, 6.07) is 0. The minimum atomic E-state index is -4.19. The lowest BCUT2D eigenvalue weighted by atomic mass is 10.1. The normalized spacial score (nSPS) is 36.0. The summed E-state index contributed by atoms with van der Waals surface area (Å²) in [6.45, 7) is -4.91. The van der Waals surface area contributed by atoms with E-state index in [0.29, 0.717) is 11.2 Å². The van der Waals surface area contributed by atoms with E-state index >= 15 is 4.39 Å². The molecule has 18 nitrogen and oxygen atoms in total. The molecule has 0 aromatic carbocycles. The molecular weight excluding hydrogens is 621 g/mol. The molecule has 0 spiro atoms. The molecule has 3 fully saturated rings. The van der Waals surface area contributed by atoms with Gasteiger partial charge in [-0.25, -0.2) is 38.9 Å². The maximum Gasteiger partial charge on any atom is 0.386 e. The van der Waals surface area contributed by atoms with Crippen molar-refractivity contribution in [3.63, 3.8) is 0 Å². The largest absolute Gasteiger partial charge is 0.386 e. The summed E-state index contributed by atoms with van der Waals surface area (Å²) < 4.78 is 79.3. The Morgan fingerprint density at radius 1 is 0.929 bits per heavy atom. The summed E-state index contributed by atoms with van der Waals surface area (Å²) in [7, 11) is -3.21. The monoisotopic (exact) mass is 644 g/mol. The first kappa shape index (κ1) is 28.0. The molecule has 3 aliphatic heterocycles. The van der Waals surface area contributed by atoms with Crippen LogP contribution in [0.5, 0.6) is 0 Å². The molecule has 2 unspecified atom stereocenters. The zero-order valence-electron chi connectivity index (χ0n) is 21.2. The molecule has 3 aliphatic rings. The summed E-state index contributed by atoms with van der Waals surface area (Å²) in [5, 5.41) is 0. The molecule has 4 N–H and O–H groups in total. The van der Waals surface area contributed by atoms with E-state index in [2.05, 4.69) is 42.2 Å². The molecule has 4 aromatic heterocycles. The molecule has 0 saturated carbocycles. The van der Waals surface area contributed by atoms with Gasteiger partial charge in [-0.15, -0.1) is 0 Å². The van der Waals surface area contributed by atoms with E-state index < -0.39 is 64.7 Å². The summed E-state index contributed by atoms with van der Waals surface area (Å²) in [5.41, 5.74) is 12.9. The van der Waals surface area contributed by atoms with Crippen LogP contribution in [-0.2, 0) is 36.7 Å². The Morgan fingerprint density at radius 3 is 2.24 bits per heavy atom. The number of hydrogen-bond acceptors (Lipinski definition) is 16. The fraction of sp³-hybridized carbons (Fsp3) is 0.500. The molecule has 7 heterocycles. The smallest absolute Gasteiger partial charge is 0.382 e. The Labute approximate surface area is 240 Å². The second kappa shape index (κ2) is 10.7. The molecule has 22 heteroatoms. The molecule has 9 atom stereocenters. The predicted octanol–water partition coefficient (Wildman–Crippen LogP) is 1.60. The lowest BCUT2D eigenvalue weighted by Crippen LogP contribution is -2.33. The topological polar surface area (TPSA) is 229 Å². The van der Waals surface area contributed by atoms with E-state index in [0.717, 1.165) is 0 Å². The van der Waals surface area contributed by atoms with Crippen molar-refractivity contribution in [2.75, 3.05) is 24.7 Å². The van der Waals surface area contributed by atoms with Crippen LogP contribution in [0.4, 0.5) is 16.0 Å². The highest BCUT2D eigenvalue weighted by molar-refractivity contribution is 8.44. The highest BCUT2D eigenvalue weighted by Gasteiger charge is 2.51. The number of alkyl halides is 1. The first-order valence-electron chi connectivity index (χ1n) is 12.5. The third kappa shape index (κ3) is 4.95. The van der Waals surface area contributed by atoms with E-state index in [1.165, 1.54) is 29.9 Å². The maximum atomic E-state index is 15.9. The van der Waals surface area contributed by atoms with Gasteiger partial charge in [0, 0.05) is 6.42 Å². The first-order chi connectivity index (χ1) is 20.2. The minimum Gasteiger partial charge on any atom is -0.382 e. The molecule has 0 amide bonds. The average molecular weight is 644 g/mol. The van der Waals surface area contributed by atoms with Crippen molar-refractivity contribution in [3.05, 3.63) is 25.3 Å². The summed E-state index contributed by atoms with van der Waals surface area (Å²) in [5.74, 6) is 0.254. The van der Waals surface area contributed by atoms with Gasteiger partial charge in [0.2, 0.25) is 0 Å². The zero-order chi connectivity index (χ0) is 29.2. The molecule has 0 radical (unpaired) electrons. The van der Waals surface area contributed by atoms with Gasteiger partial charge in [-0.05, 0) is 0 Å². The first-order valence-corrected chi connectivity index (χ1v) is 16.4. The highest BCUT2D eigenvalue weighted by Crippen LogP contribution is 2.57. The van der Waals surface area contributed by atoms with Gasteiger partial charge in [-0.1, -0.05) is 12.2 Å². The zero-order valence-corrected chi connectivity index (χ0v) is 24.0. The second-order valence-electron chi connectivity index (χ2n) is 9.61. The molecule has 3 saturated heterocycles. The fourth-order valence-electron chi connectivity index (χ4n) is 5.13. The van der Waals surface area contributed by atoms with Crippen LogP contribution < -0.4 is 11.5 Å². The van der Waals surface area contributed by atoms with Crippen LogP contribution in [0.3, 0.4) is 0 Å². The van der Waals surface area contributed by atoms with Crippen LogP contribution in [0.2, 0.25) is 0 Å². The Morgan fingerprint density at radius 2 is 1.57 bits per heavy atom. The van der Waals surface area contributed by atoms with Crippen LogP contribution in [-0.4, -0.2) is 82.8 Å². The Hall–Kier alpha value is -2.80. The van der Waals surface area contributed by atoms with Crippen molar-refractivity contribution in [1.29, 1.82) is 0 Å². The number of anilines is 2. The number of nitrogen functional groups attached to an aromatic ring is 2. The molecule has 7 rings (SSSR count). The number of thiol groups is 1. The average Bonchev–Trinajstić information content (AvgIpc) is 3.72. The van der Waals surface area contributed by atoms with Gasteiger partial charge in [0.1, 0.15) is 42.0 Å². The van der Waals surface area contributed by atoms with Crippen molar-refractivity contribution < 1.29 is 41.1 Å². The number of nitrogens with zero attached hydrogens (tertiary/aromatic N) is 8. The van der Waals surface area contributed by atoms with Gasteiger partial charge < -0.3 is 30.0 Å². The number of imidazole rings is 2. The van der Waals surface area contributed by atoms with E-state index in [4.69, 9.17) is 39.0 Å². The van der Waals surface area contributed by atoms with Crippen LogP contribution in [0, 0.1) is 0 Å². The highest BCUT2D eigenvalue weighted by atomic mass is 32.7. The molecule has 224 valence electrons. The van der Waals surface area contributed by atoms with Crippen molar-refractivity contribution >= 4 is 61.3 Å². The fourth-order valence-corrected chi connectivity index (χ4v) is 7.46. The van der Waals surface area contributed by atoms with E-state index in [-0.39, 0.29) is 35.8 Å². The van der Waals surface area contributed by atoms with Gasteiger partial charge in [0.25, 0.3) is 0 Å². The molecule has 42 heavy (non-hydrogen) atoms. The Balaban J connectivity index is 1.16. The SMILES string of the molecule is Nc1ncnc2c1ncn2[C@@H]1O[C@@H]2CO[PH](=O)O[C@@H]3C[C@@H](COP(=O)(S)O[C@H]2[C@H]1F)O[C@H]3n1cnc2c(N)ncnc21. The molecule has 4 aromatic rings. The molecule has 2 bridgehead atoms. The number of fused-ring (bicyclic) bond motifs is 5. The van der Waals surface area contributed by atoms with Gasteiger partial charge in [-0.3, -0.25) is 22.7 Å². The van der Waals surface area contributed by atoms with Gasteiger partial charge in [-0.2, -0.15) is 0 Å². The van der Waals surface area contributed by atoms with Gasteiger partial charge in [0.15, 0.2) is 41.6 Å². The number of rotatable bonds is 2. The summed E-state index contributed by atoms with van der Waals surface area (Å²) in [4.78, 5) is 24.5. The predicted molar refractivity (Wildman–Crippen MR) is 144 cm³/mol. The van der Waals surface area contributed by atoms with Crippen molar-refractivity contribution in [1.82, 2.24) is 39.0 Å². The number of halogens is 1. The van der Waals surface area contributed by atoms with Crippen molar-refractivity contribution in [2.45, 2.75) is 49.5 Å². The van der Waals surface area contributed by atoms with Gasteiger partial charge >= 0.3 is 15.1 Å². The molecular formula is C20H23FN10O8P2S. The summed E-state index contributed by atoms with van der Waals surface area (Å²) in [6.07, 6.45) is -3.06. The second-order valence-corrected chi connectivity index (χ2v) is 13.5. The van der Waals surface area contributed by atoms with Crippen molar-refractivity contribution in [2.24, 2.45) is 0 Å². The van der Waals surface area contributed by atoms with Crippen LogP contribution >= 0.6 is 27.3 Å². The number of ether oxygens (including phenoxy) is 2. The molecule has 0 aliphatic carbocycles. The lowest BCUT2D eigenvalue weighted by molar-refractivity contribution is -0.0554. The number of aromatic nitrogens is 8. The number of hydrogen-bond donors (Lipinski definition) is 3. The quantitative estimate of drug-likeness (QED) is 0.208. The van der Waals surface area contributed by atoms with Crippen LogP contribution in [0.25, 0.3) is 22.3 Å². The summed E-state index contributed by atoms with van der Waals surface area (Å²) >= 11 is 4.06. The minimum absolute atomic E-state index is 0.0908. The van der Waals surface area contributed by atoms with Gasteiger partial charge in [0.05, 0.1) is 32.0 Å². The van der Waals surface area contributed by atoms with Crippen LogP contribution in [0.1, 0.15) is 18.9 Å². The van der Waals surface area contributed by atoms with E-state index in [1.54, 1.807) is 4.57 Å². The third-order valence-electron chi connectivity index (χ3n) is 7.03. The third-order valence-corrected chi connectivity index (χ3v) is 9.54. The van der Waals surface area contributed by atoms with E-state index in [1.807, 2.05) is 0 Å². The standard InChI is InChI=1S/C20H23FN10O8P2S/c21-11-14-10(37-20(11)31-7-29-13-16(23)25-5-27-18(13)31)3-34-40(32)38-9-1-8(2-35-41(33,42)39-14)36-19(9)30-6-28-12-15(22)24-4-26-17(12)30/h4-11,14,19-20,40H,1-3H2,(H,33,42)(H2,22,24,26)(H2,23,25,27)/t8-,9+,10+,11+,14+,19+,20+,41?/m0/s1. The lowest BCUT2D eigenvalue weighted by Gasteiger charge is -2.24. The van der Waals surface area contributed by atoms with E-state index in [9.17, 15) is 9.13 Å². The Kier molecular flexibility index (Phi) is 7.15. The van der Waals surface area contributed by atoms with Crippen molar-refractivity contribution in [3.8, 4) is 0 Å². The number of nitrogens with two attached hydrogens (primary N) is 2. The Bertz CT molecular complexity index is 1730.